The molecule has 0 unspecified atom stereocenters. The lowest BCUT2D eigenvalue weighted by molar-refractivity contribution is 0.489. The summed E-state index contributed by atoms with van der Waals surface area (Å²) in [7, 11) is 0. The molecule has 1 aliphatic heterocycles. The van der Waals surface area contributed by atoms with Gasteiger partial charge in [-0.1, -0.05) is 12.1 Å². The van der Waals surface area contributed by atoms with E-state index < -0.39 is 0 Å². The molecule has 0 saturated carbocycles. The molecule has 0 spiro atoms. The highest BCUT2D eigenvalue weighted by Gasteiger charge is 2.15. The second-order valence-corrected chi connectivity index (χ2v) is 4.24. The highest BCUT2D eigenvalue weighted by molar-refractivity contribution is 5.85. The van der Waals surface area contributed by atoms with Crippen molar-refractivity contribution >= 4 is 23.4 Å². The van der Waals surface area contributed by atoms with E-state index in [4.69, 9.17) is 0 Å². The Kier molecular flexibility index (Phi) is 3.46. The van der Waals surface area contributed by atoms with Gasteiger partial charge in [0.1, 0.15) is 0 Å². The quantitative estimate of drug-likeness (QED) is 0.867. The Labute approximate surface area is 101 Å². The molecule has 16 heavy (non-hydrogen) atoms. The number of benzene rings is 1. The second-order valence-electron chi connectivity index (χ2n) is 4.24. The number of imidazole rings is 1. The van der Waals surface area contributed by atoms with E-state index in [9.17, 15) is 0 Å². The van der Waals surface area contributed by atoms with Gasteiger partial charge in [-0.15, -0.1) is 12.4 Å². The molecule has 3 nitrogen and oxygen atoms in total. The molecule has 0 amide bonds. The maximum absolute atomic E-state index is 4.40. The van der Waals surface area contributed by atoms with Crippen molar-refractivity contribution in [2.24, 2.45) is 5.92 Å². The molecular formula is C12H16ClN3. The minimum absolute atomic E-state index is 0. The van der Waals surface area contributed by atoms with Crippen LogP contribution < -0.4 is 5.32 Å². The summed E-state index contributed by atoms with van der Waals surface area (Å²) in [6.07, 6.45) is 3.25. The molecular weight excluding hydrogens is 222 g/mol. The van der Waals surface area contributed by atoms with Gasteiger partial charge in [-0.3, -0.25) is 0 Å². The van der Waals surface area contributed by atoms with Crippen molar-refractivity contribution in [3.05, 3.63) is 30.6 Å². The minimum Gasteiger partial charge on any atom is -0.330 e. The van der Waals surface area contributed by atoms with Crippen LogP contribution in [0.4, 0.5) is 0 Å². The van der Waals surface area contributed by atoms with Crippen LogP contribution in [0.5, 0.6) is 0 Å². The summed E-state index contributed by atoms with van der Waals surface area (Å²) >= 11 is 0. The number of nitrogens with zero attached hydrogens (tertiary/aromatic N) is 2. The van der Waals surface area contributed by atoms with Crippen LogP contribution in [0.3, 0.4) is 0 Å². The van der Waals surface area contributed by atoms with Crippen molar-refractivity contribution < 1.29 is 0 Å². The zero-order valence-electron chi connectivity index (χ0n) is 9.10. The summed E-state index contributed by atoms with van der Waals surface area (Å²) in [5.41, 5.74) is 2.35. The smallest absolute Gasteiger partial charge is 0.0958 e. The highest BCUT2D eigenvalue weighted by Crippen LogP contribution is 2.16. The van der Waals surface area contributed by atoms with E-state index in [1.165, 1.54) is 11.9 Å². The van der Waals surface area contributed by atoms with Crippen LogP contribution in [0.25, 0.3) is 11.0 Å². The van der Waals surface area contributed by atoms with Gasteiger partial charge < -0.3 is 9.88 Å². The monoisotopic (exact) mass is 237 g/mol. The molecule has 1 atom stereocenters. The number of nitrogens with one attached hydrogen (secondary N) is 1. The Morgan fingerprint density at radius 3 is 3.06 bits per heavy atom. The first kappa shape index (κ1) is 11.4. The van der Waals surface area contributed by atoms with Crippen LogP contribution in [0.15, 0.2) is 30.6 Å². The van der Waals surface area contributed by atoms with Crippen molar-refractivity contribution in [3.8, 4) is 0 Å². The molecule has 4 heteroatoms. The zero-order chi connectivity index (χ0) is 10.1. The van der Waals surface area contributed by atoms with Gasteiger partial charge in [0.2, 0.25) is 0 Å². The van der Waals surface area contributed by atoms with Crippen molar-refractivity contribution in [1.82, 2.24) is 14.9 Å². The first-order valence-corrected chi connectivity index (χ1v) is 5.54. The van der Waals surface area contributed by atoms with Gasteiger partial charge in [0.25, 0.3) is 0 Å². The van der Waals surface area contributed by atoms with E-state index in [1.54, 1.807) is 0 Å². The molecule has 2 heterocycles. The van der Waals surface area contributed by atoms with Crippen molar-refractivity contribution in [1.29, 1.82) is 0 Å². The van der Waals surface area contributed by atoms with Crippen LogP contribution in [0.1, 0.15) is 6.42 Å². The highest BCUT2D eigenvalue weighted by atomic mass is 35.5. The van der Waals surface area contributed by atoms with Gasteiger partial charge in [-0.05, 0) is 37.6 Å². The van der Waals surface area contributed by atoms with E-state index in [-0.39, 0.29) is 12.4 Å². The normalized spacial score (nSPS) is 19.9. The van der Waals surface area contributed by atoms with Gasteiger partial charge >= 0.3 is 0 Å². The van der Waals surface area contributed by atoms with Crippen LogP contribution in [0, 0.1) is 5.92 Å². The molecule has 3 rings (SSSR count). The first-order chi connectivity index (χ1) is 7.43. The second kappa shape index (κ2) is 4.85. The lowest BCUT2D eigenvalue weighted by Gasteiger charge is -2.09. The van der Waals surface area contributed by atoms with Crippen LogP contribution in [-0.2, 0) is 6.54 Å². The van der Waals surface area contributed by atoms with E-state index in [0.29, 0.717) is 0 Å². The largest absolute Gasteiger partial charge is 0.330 e. The third-order valence-corrected chi connectivity index (χ3v) is 3.14. The number of aromatic nitrogens is 2. The fourth-order valence-electron chi connectivity index (χ4n) is 2.30. The Morgan fingerprint density at radius 1 is 1.38 bits per heavy atom. The maximum Gasteiger partial charge on any atom is 0.0958 e. The molecule has 86 valence electrons. The predicted molar refractivity (Wildman–Crippen MR) is 68.0 cm³/mol. The number of fused-ring (bicyclic) bond motifs is 1. The molecule has 0 bridgehead atoms. The predicted octanol–water partition coefficient (Wildman–Crippen LogP) is 2.07. The third-order valence-electron chi connectivity index (χ3n) is 3.14. The fraction of sp³-hybridized carbons (Fsp3) is 0.417. The van der Waals surface area contributed by atoms with Crippen LogP contribution >= 0.6 is 12.4 Å². The molecule has 1 saturated heterocycles. The SMILES string of the molecule is Cl.c1ccc2c(c1)ncn2C[C@@H]1CCNC1. The standard InChI is InChI=1S/C12H15N3.ClH/c1-2-4-12-11(3-1)14-9-15(12)8-10-5-6-13-7-10;/h1-4,9-10,13H,5-8H2;1H/t10-;/m1./s1. The lowest BCUT2D eigenvalue weighted by Crippen LogP contribution is -2.13. The Balaban J connectivity index is 0.000000963. The lowest BCUT2D eigenvalue weighted by atomic mass is 10.1. The number of para-hydroxylation sites is 2. The average molecular weight is 238 g/mol. The van der Waals surface area contributed by atoms with Crippen LogP contribution in [0.2, 0.25) is 0 Å². The van der Waals surface area contributed by atoms with E-state index in [0.717, 1.165) is 31.1 Å². The minimum atomic E-state index is 0. The van der Waals surface area contributed by atoms with E-state index >= 15 is 0 Å². The first-order valence-electron chi connectivity index (χ1n) is 5.54. The van der Waals surface area contributed by atoms with E-state index in [1.807, 2.05) is 12.4 Å². The average Bonchev–Trinajstić information content (AvgIpc) is 2.89. The molecule has 1 aliphatic rings. The van der Waals surface area contributed by atoms with Gasteiger partial charge in [-0.25, -0.2) is 4.98 Å². The summed E-state index contributed by atoms with van der Waals surface area (Å²) in [4.78, 5) is 4.40. The van der Waals surface area contributed by atoms with Gasteiger partial charge in [0.15, 0.2) is 0 Å². The van der Waals surface area contributed by atoms with Crippen molar-refractivity contribution in [2.75, 3.05) is 13.1 Å². The number of halogens is 1. The molecule has 1 aromatic heterocycles. The fourth-order valence-corrected chi connectivity index (χ4v) is 2.30. The summed E-state index contributed by atoms with van der Waals surface area (Å²) in [5.74, 6) is 0.766. The van der Waals surface area contributed by atoms with Gasteiger partial charge in [0, 0.05) is 6.54 Å². The number of hydrogen-bond donors (Lipinski definition) is 1. The molecule has 2 aromatic rings. The van der Waals surface area contributed by atoms with Crippen molar-refractivity contribution in [2.45, 2.75) is 13.0 Å². The topological polar surface area (TPSA) is 29.9 Å². The molecule has 1 aromatic carbocycles. The summed E-state index contributed by atoms with van der Waals surface area (Å²) in [6, 6.07) is 8.33. The number of rotatable bonds is 2. The number of hydrogen-bond acceptors (Lipinski definition) is 2. The third kappa shape index (κ3) is 2.06. The van der Waals surface area contributed by atoms with Gasteiger partial charge in [-0.2, -0.15) is 0 Å². The molecule has 1 fully saturated rings. The maximum atomic E-state index is 4.40. The van der Waals surface area contributed by atoms with E-state index in [2.05, 4.69) is 33.1 Å². The Hall–Kier alpha value is -1.06. The zero-order valence-corrected chi connectivity index (χ0v) is 9.91. The Bertz CT molecular complexity index is 460. The van der Waals surface area contributed by atoms with Gasteiger partial charge in [0.05, 0.1) is 17.4 Å². The molecule has 0 aliphatic carbocycles. The van der Waals surface area contributed by atoms with Crippen LogP contribution in [-0.4, -0.2) is 22.6 Å². The Morgan fingerprint density at radius 2 is 2.25 bits per heavy atom. The molecule has 0 radical (unpaired) electrons. The summed E-state index contributed by atoms with van der Waals surface area (Å²) in [5, 5.41) is 3.40. The summed E-state index contributed by atoms with van der Waals surface area (Å²) in [6.45, 7) is 3.40. The molecule has 1 N–H and O–H groups in total. The summed E-state index contributed by atoms with van der Waals surface area (Å²) < 4.78 is 2.27. The van der Waals surface area contributed by atoms with Crippen molar-refractivity contribution in [3.63, 3.8) is 0 Å².